The van der Waals surface area contributed by atoms with Crippen LogP contribution < -0.4 is 29.7 Å². The van der Waals surface area contributed by atoms with Gasteiger partial charge in [-0.2, -0.15) is 0 Å². The summed E-state index contributed by atoms with van der Waals surface area (Å²) >= 11 is 0. The molecule has 9 heteroatoms. The number of pyridine rings is 1. The van der Waals surface area contributed by atoms with E-state index in [1.165, 1.54) is 6.20 Å². The number of hydrogen-bond donors (Lipinski definition) is 1. The molecule has 0 aliphatic carbocycles. The number of carbonyl (C=O) groups excluding carboxylic acids is 2. The number of carbonyl (C=O) groups is 2. The van der Waals surface area contributed by atoms with E-state index in [2.05, 4.69) is 5.32 Å². The minimum atomic E-state index is -0.441. The molecule has 0 saturated carbocycles. The van der Waals surface area contributed by atoms with E-state index in [4.69, 9.17) is 18.9 Å². The van der Waals surface area contributed by atoms with Crippen LogP contribution in [0.15, 0.2) is 71.7 Å². The lowest BCUT2D eigenvalue weighted by molar-refractivity contribution is -0.116. The van der Waals surface area contributed by atoms with Gasteiger partial charge in [0, 0.05) is 29.6 Å². The quantitative estimate of drug-likeness (QED) is 0.433. The van der Waals surface area contributed by atoms with Crippen LogP contribution in [0.4, 0.5) is 5.69 Å². The first-order valence-corrected chi connectivity index (χ1v) is 11.3. The molecule has 2 aliphatic rings. The molecule has 36 heavy (non-hydrogen) atoms. The van der Waals surface area contributed by atoms with Crippen LogP contribution in [0.25, 0.3) is 10.9 Å². The fourth-order valence-electron chi connectivity index (χ4n) is 4.29. The summed E-state index contributed by atoms with van der Waals surface area (Å²) < 4.78 is 23.6. The zero-order chi connectivity index (χ0) is 24.6. The van der Waals surface area contributed by atoms with Crippen molar-refractivity contribution in [2.45, 2.75) is 6.54 Å². The lowest BCUT2D eigenvalue weighted by atomic mass is 10.0. The second kappa shape index (κ2) is 8.77. The van der Waals surface area contributed by atoms with Crippen LogP contribution in [0.5, 0.6) is 23.0 Å². The monoisotopic (exact) mass is 484 g/mol. The number of rotatable bonds is 5. The van der Waals surface area contributed by atoms with Crippen molar-refractivity contribution in [1.29, 1.82) is 0 Å². The highest BCUT2D eigenvalue weighted by atomic mass is 16.7. The standard InChI is InChI=1S/C27H20N2O7/c30-25(28-17-6-7-21-22(10-17)36-15-35-21)14-29-13-19(26(31)16-4-2-1-3-5-16)27(32)18-11-23-24(12-20(18)29)34-9-8-33-23/h1-7,10-13H,8-9,14-15H2,(H,28,30). The fourth-order valence-corrected chi connectivity index (χ4v) is 4.29. The molecule has 1 amide bonds. The summed E-state index contributed by atoms with van der Waals surface area (Å²) in [4.78, 5) is 39.7. The van der Waals surface area contributed by atoms with Gasteiger partial charge in [0.2, 0.25) is 18.1 Å². The van der Waals surface area contributed by atoms with Crippen molar-refractivity contribution < 1.29 is 28.5 Å². The molecule has 0 fully saturated rings. The molecule has 180 valence electrons. The molecule has 0 spiro atoms. The van der Waals surface area contributed by atoms with Gasteiger partial charge in [-0.1, -0.05) is 30.3 Å². The van der Waals surface area contributed by atoms with E-state index in [0.717, 1.165) is 0 Å². The summed E-state index contributed by atoms with van der Waals surface area (Å²) in [5, 5.41) is 3.09. The molecule has 3 heterocycles. The Hall–Kier alpha value is -4.79. The van der Waals surface area contributed by atoms with Crippen molar-refractivity contribution >= 4 is 28.3 Å². The van der Waals surface area contributed by atoms with Crippen LogP contribution in [-0.2, 0) is 11.3 Å². The number of hydrogen-bond acceptors (Lipinski definition) is 7. The van der Waals surface area contributed by atoms with E-state index in [1.54, 1.807) is 65.2 Å². The normalized spacial score (nSPS) is 13.4. The molecule has 1 aromatic heterocycles. The molecular weight excluding hydrogens is 464 g/mol. The summed E-state index contributed by atoms with van der Waals surface area (Å²) in [5.41, 5.74) is 0.881. The minimum Gasteiger partial charge on any atom is -0.486 e. The molecule has 0 unspecified atom stereocenters. The van der Waals surface area contributed by atoms with Crippen molar-refractivity contribution in [3.8, 4) is 23.0 Å². The maximum atomic E-state index is 13.4. The number of benzene rings is 3. The number of amides is 1. The van der Waals surface area contributed by atoms with Crippen LogP contribution in [-0.4, -0.2) is 36.3 Å². The van der Waals surface area contributed by atoms with Gasteiger partial charge in [0.15, 0.2) is 28.8 Å². The second-order valence-electron chi connectivity index (χ2n) is 8.32. The zero-order valence-electron chi connectivity index (χ0n) is 19.0. The Labute approximate surface area is 204 Å². The Morgan fingerprint density at radius 3 is 2.36 bits per heavy atom. The average molecular weight is 484 g/mol. The van der Waals surface area contributed by atoms with Crippen LogP contribution >= 0.6 is 0 Å². The third kappa shape index (κ3) is 3.90. The minimum absolute atomic E-state index is 0.0405. The van der Waals surface area contributed by atoms with Gasteiger partial charge in [0.1, 0.15) is 19.8 Å². The fraction of sp³-hybridized carbons (Fsp3) is 0.148. The lowest BCUT2D eigenvalue weighted by Gasteiger charge is -2.20. The molecule has 1 N–H and O–H groups in total. The predicted octanol–water partition coefficient (Wildman–Crippen LogP) is 3.37. The largest absolute Gasteiger partial charge is 0.486 e. The summed E-state index contributed by atoms with van der Waals surface area (Å²) in [6.45, 7) is 0.704. The van der Waals surface area contributed by atoms with Gasteiger partial charge in [-0.3, -0.25) is 14.4 Å². The number of anilines is 1. The molecule has 0 radical (unpaired) electrons. The van der Waals surface area contributed by atoms with Crippen LogP contribution in [0.3, 0.4) is 0 Å². The first kappa shape index (κ1) is 21.7. The van der Waals surface area contributed by atoms with Gasteiger partial charge in [-0.05, 0) is 18.2 Å². The average Bonchev–Trinajstić information content (AvgIpc) is 3.37. The van der Waals surface area contributed by atoms with E-state index in [-0.39, 0.29) is 30.2 Å². The SMILES string of the molecule is O=C(Cn1cc(C(=O)c2ccccc2)c(=O)c2cc3c(cc21)OCCO3)Nc1ccc2c(c1)OCO2. The molecule has 9 nitrogen and oxygen atoms in total. The van der Waals surface area contributed by atoms with E-state index in [0.29, 0.717) is 53.0 Å². The number of nitrogens with zero attached hydrogens (tertiary/aromatic N) is 1. The number of ketones is 1. The Bertz CT molecular complexity index is 1580. The molecule has 4 aromatic rings. The van der Waals surface area contributed by atoms with Gasteiger partial charge in [0.05, 0.1) is 16.5 Å². The Morgan fingerprint density at radius 2 is 1.56 bits per heavy atom. The Kier molecular flexibility index (Phi) is 5.29. The third-order valence-corrected chi connectivity index (χ3v) is 6.00. The van der Waals surface area contributed by atoms with Crippen LogP contribution in [0.2, 0.25) is 0 Å². The maximum absolute atomic E-state index is 13.4. The molecule has 2 aliphatic heterocycles. The number of ether oxygens (including phenoxy) is 4. The van der Waals surface area contributed by atoms with Gasteiger partial charge >= 0.3 is 0 Å². The lowest BCUT2D eigenvalue weighted by Crippen LogP contribution is -2.25. The van der Waals surface area contributed by atoms with Crippen molar-refractivity contribution in [3.05, 3.63) is 88.2 Å². The van der Waals surface area contributed by atoms with Gasteiger partial charge in [-0.25, -0.2) is 0 Å². The first-order valence-electron chi connectivity index (χ1n) is 11.3. The smallest absolute Gasteiger partial charge is 0.244 e. The summed E-state index contributed by atoms with van der Waals surface area (Å²) in [6, 6.07) is 16.9. The molecule has 0 atom stereocenters. The Morgan fingerprint density at radius 1 is 0.833 bits per heavy atom. The third-order valence-electron chi connectivity index (χ3n) is 6.00. The highest BCUT2D eigenvalue weighted by Gasteiger charge is 2.22. The molecule has 0 saturated heterocycles. The highest BCUT2D eigenvalue weighted by Crippen LogP contribution is 2.35. The van der Waals surface area contributed by atoms with E-state index in [9.17, 15) is 14.4 Å². The number of nitrogens with one attached hydrogen (secondary N) is 1. The molecular formula is C27H20N2O7. The highest BCUT2D eigenvalue weighted by molar-refractivity contribution is 6.10. The summed E-state index contributed by atoms with van der Waals surface area (Å²) in [7, 11) is 0. The summed E-state index contributed by atoms with van der Waals surface area (Å²) in [6.07, 6.45) is 1.43. The summed E-state index contributed by atoms with van der Waals surface area (Å²) in [5.74, 6) is 1.26. The molecule has 6 rings (SSSR count). The van der Waals surface area contributed by atoms with Gasteiger partial charge < -0.3 is 28.8 Å². The topological polar surface area (TPSA) is 105 Å². The van der Waals surface area contributed by atoms with E-state index in [1.807, 2.05) is 0 Å². The van der Waals surface area contributed by atoms with Crippen molar-refractivity contribution in [2.24, 2.45) is 0 Å². The van der Waals surface area contributed by atoms with Crippen LogP contribution in [0, 0.1) is 0 Å². The first-order chi connectivity index (χ1) is 17.6. The second-order valence-corrected chi connectivity index (χ2v) is 8.32. The van der Waals surface area contributed by atoms with Gasteiger partial charge in [-0.15, -0.1) is 0 Å². The zero-order valence-corrected chi connectivity index (χ0v) is 19.0. The van der Waals surface area contributed by atoms with Crippen molar-refractivity contribution in [2.75, 3.05) is 25.3 Å². The van der Waals surface area contributed by atoms with E-state index >= 15 is 0 Å². The molecule has 3 aromatic carbocycles. The maximum Gasteiger partial charge on any atom is 0.244 e. The van der Waals surface area contributed by atoms with Crippen molar-refractivity contribution in [1.82, 2.24) is 4.57 Å². The number of fused-ring (bicyclic) bond motifs is 3. The Balaban J connectivity index is 1.41. The van der Waals surface area contributed by atoms with Crippen LogP contribution in [0.1, 0.15) is 15.9 Å². The van der Waals surface area contributed by atoms with Crippen molar-refractivity contribution in [3.63, 3.8) is 0 Å². The van der Waals surface area contributed by atoms with E-state index < -0.39 is 11.2 Å². The van der Waals surface area contributed by atoms with Gasteiger partial charge in [0.25, 0.3) is 0 Å². The molecule has 0 bridgehead atoms. The number of aromatic nitrogens is 1. The predicted molar refractivity (Wildman–Crippen MR) is 130 cm³/mol.